The van der Waals surface area contributed by atoms with Crippen LogP contribution < -0.4 is 5.32 Å². The SMILES string of the molecule is CCC(C)(CC)NCCCOS(=O)[O-]. The van der Waals surface area contributed by atoms with Crippen LogP contribution in [0.5, 0.6) is 0 Å². The Bertz CT molecular complexity index is 171. The van der Waals surface area contributed by atoms with Crippen LogP contribution in [0, 0.1) is 0 Å². The predicted octanol–water partition coefficient (Wildman–Crippen LogP) is 1.36. The molecular weight excluding hydrogens is 202 g/mol. The Morgan fingerprint density at radius 2 is 2.00 bits per heavy atom. The Kier molecular flexibility index (Phi) is 7.35. The van der Waals surface area contributed by atoms with Gasteiger partial charge in [0.25, 0.3) is 0 Å². The molecule has 0 radical (unpaired) electrons. The molecule has 0 rings (SSSR count). The molecule has 86 valence electrons. The third-order valence-electron chi connectivity index (χ3n) is 2.61. The molecule has 0 heterocycles. The lowest BCUT2D eigenvalue weighted by molar-refractivity contribution is 0.275. The second kappa shape index (κ2) is 7.34. The standard InChI is InChI=1S/C9H21NO3S/c1-4-9(3,5-2)10-7-6-8-13-14(11)12/h10H,4-8H2,1-3H3,(H,11,12)/p-1. The van der Waals surface area contributed by atoms with Gasteiger partial charge in [0, 0.05) is 5.54 Å². The molecule has 0 amide bonds. The molecule has 0 aliphatic rings. The van der Waals surface area contributed by atoms with E-state index in [4.69, 9.17) is 0 Å². The average molecular weight is 222 g/mol. The minimum Gasteiger partial charge on any atom is -0.750 e. The van der Waals surface area contributed by atoms with E-state index in [9.17, 15) is 8.76 Å². The molecule has 0 saturated heterocycles. The zero-order valence-corrected chi connectivity index (χ0v) is 9.99. The monoisotopic (exact) mass is 222 g/mol. The van der Waals surface area contributed by atoms with E-state index in [0.717, 1.165) is 19.4 Å². The molecule has 0 aromatic carbocycles. The number of rotatable bonds is 8. The maximum Gasteiger partial charge on any atom is 0.0842 e. The van der Waals surface area contributed by atoms with Gasteiger partial charge in [-0.15, -0.1) is 0 Å². The normalized spacial score (nSPS) is 14.3. The zero-order chi connectivity index (χ0) is 11.0. The number of hydrogen-bond donors (Lipinski definition) is 1. The van der Waals surface area contributed by atoms with Crippen LogP contribution in [0.4, 0.5) is 0 Å². The van der Waals surface area contributed by atoms with E-state index >= 15 is 0 Å². The van der Waals surface area contributed by atoms with E-state index in [1.807, 2.05) is 0 Å². The van der Waals surface area contributed by atoms with Crippen LogP contribution in [0.3, 0.4) is 0 Å². The molecule has 0 aliphatic carbocycles. The summed E-state index contributed by atoms with van der Waals surface area (Å²) in [6, 6.07) is 0. The Morgan fingerprint density at radius 3 is 2.43 bits per heavy atom. The van der Waals surface area contributed by atoms with Gasteiger partial charge in [0.1, 0.15) is 0 Å². The summed E-state index contributed by atoms with van der Waals surface area (Å²) in [6.07, 6.45) is 2.85. The summed E-state index contributed by atoms with van der Waals surface area (Å²) in [5.41, 5.74) is 0.163. The Hall–Kier alpha value is 0.0300. The fraction of sp³-hybridized carbons (Fsp3) is 1.00. The van der Waals surface area contributed by atoms with Gasteiger partial charge in [-0.1, -0.05) is 13.8 Å². The number of nitrogens with one attached hydrogen (secondary N) is 1. The fourth-order valence-corrected chi connectivity index (χ4v) is 1.34. The zero-order valence-electron chi connectivity index (χ0n) is 9.17. The molecule has 14 heavy (non-hydrogen) atoms. The molecule has 1 unspecified atom stereocenters. The second-order valence-corrected chi connectivity index (χ2v) is 4.22. The van der Waals surface area contributed by atoms with Gasteiger partial charge in [0.15, 0.2) is 0 Å². The highest BCUT2D eigenvalue weighted by Gasteiger charge is 2.17. The Morgan fingerprint density at radius 1 is 1.43 bits per heavy atom. The van der Waals surface area contributed by atoms with E-state index in [-0.39, 0.29) is 12.1 Å². The van der Waals surface area contributed by atoms with Gasteiger partial charge < -0.3 is 14.1 Å². The molecule has 0 saturated carbocycles. The largest absolute Gasteiger partial charge is 0.750 e. The van der Waals surface area contributed by atoms with Crippen LogP contribution in [0.1, 0.15) is 40.0 Å². The van der Waals surface area contributed by atoms with Crippen LogP contribution in [0.15, 0.2) is 0 Å². The smallest absolute Gasteiger partial charge is 0.0842 e. The van der Waals surface area contributed by atoms with E-state index in [1.54, 1.807) is 0 Å². The van der Waals surface area contributed by atoms with Crippen LogP contribution in [0.25, 0.3) is 0 Å². The first-order valence-electron chi connectivity index (χ1n) is 5.01. The van der Waals surface area contributed by atoms with Gasteiger partial charge >= 0.3 is 0 Å². The topological polar surface area (TPSA) is 61.4 Å². The highest BCUT2D eigenvalue weighted by Crippen LogP contribution is 2.12. The lowest BCUT2D eigenvalue weighted by Gasteiger charge is -2.28. The molecular formula is C9H20NO3S-. The molecule has 0 aliphatic heterocycles. The molecule has 0 bridgehead atoms. The Balaban J connectivity index is 3.47. The summed E-state index contributed by atoms with van der Waals surface area (Å²) >= 11 is -2.37. The van der Waals surface area contributed by atoms with Crippen LogP contribution in [0.2, 0.25) is 0 Å². The second-order valence-electron chi connectivity index (χ2n) is 3.57. The molecule has 5 heteroatoms. The third-order valence-corrected chi connectivity index (χ3v) is 2.97. The van der Waals surface area contributed by atoms with Gasteiger partial charge in [0.05, 0.1) is 18.0 Å². The van der Waals surface area contributed by atoms with Gasteiger partial charge in [-0.05, 0) is 32.7 Å². The minimum absolute atomic E-state index is 0.163. The quantitative estimate of drug-likeness (QED) is 0.497. The van der Waals surface area contributed by atoms with Crippen molar-refractivity contribution in [1.82, 2.24) is 5.32 Å². The molecule has 4 nitrogen and oxygen atoms in total. The van der Waals surface area contributed by atoms with Crippen LogP contribution >= 0.6 is 0 Å². The van der Waals surface area contributed by atoms with Gasteiger partial charge in [-0.25, -0.2) is 4.21 Å². The summed E-state index contributed by atoms with van der Waals surface area (Å²) in [7, 11) is 0. The number of hydrogen-bond acceptors (Lipinski definition) is 4. The summed E-state index contributed by atoms with van der Waals surface area (Å²) < 4.78 is 24.5. The van der Waals surface area contributed by atoms with E-state index in [2.05, 4.69) is 30.3 Å². The van der Waals surface area contributed by atoms with E-state index < -0.39 is 11.4 Å². The predicted molar refractivity (Wildman–Crippen MR) is 56.5 cm³/mol. The van der Waals surface area contributed by atoms with Crippen molar-refractivity contribution < 1.29 is 12.9 Å². The van der Waals surface area contributed by atoms with Crippen molar-refractivity contribution in [3.8, 4) is 0 Å². The molecule has 1 N–H and O–H groups in total. The Labute approximate surface area is 88.9 Å². The first-order valence-corrected chi connectivity index (χ1v) is 6.01. The third kappa shape index (κ3) is 6.48. The average Bonchev–Trinajstić information content (AvgIpc) is 2.16. The summed E-state index contributed by atoms with van der Waals surface area (Å²) in [5, 5.41) is 3.39. The van der Waals surface area contributed by atoms with E-state index in [1.165, 1.54) is 0 Å². The first kappa shape index (κ1) is 14.0. The molecule has 0 fully saturated rings. The van der Waals surface area contributed by atoms with Crippen molar-refractivity contribution >= 4 is 11.4 Å². The highest BCUT2D eigenvalue weighted by molar-refractivity contribution is 7.74. The van der Waals surface area contributed by atoms with Gasteiger partial charge in [-0.3, -0.25) is 0 Å². The van der Waals surface area contributed by atoms with Crippen LogP contribution in [-0.2, 0) is 15.5 Å². The van der Waals surface area contributed by atoms with Crippen molar-refractivity contribution in [2.75, 3.05) is 13.2 Å². The summed E-state index contributed by atoms with van der Waals surface area (Å²) in [6.45, 7) is 7.49. The van der Waals surface area contributed by atoms with Crippen molar-refractivity contribution in [2.24, 2.45) is 0 Å². The van der Waals surface area contributed by atoms with Crippen molar-refractivity contribution in [2.45, 2.75) is 45.6 Å². The maximum absolute atomic E-state index is 10.0. The van der Waals surface area contributed by atoms with Gasteiger partial charge in [-0.2, -0.15) is 0 Å². The molecule has 0 aromatic heterocycles. The highest BCUT2D eigenvalue weighted by atomic mass is 32.2. The lowest BCUT2D eigenvalue weighted by Crippen LogP contribution is -2.41. The first-order chi connectivity index (χ1) is 6.54. The van der Waals surface area contributed by atoms with Crippen LogP contribution in [-0.4, -0.2) is 27.5 Å². The van der Waals surface area contributed by atoms with Crippen molar-refractivity contribution in [3.63, 3.8) is 0 Å². The summed E-state index contributed by atoms with van der Waals surface area (Å²) in [5.74, 6) is 0. The maximum atomic E-state index is 10.0. The molecule has 1 atom stereocenters. The van der Waals surface area contributed by atoms with Crippen molar-refractivity contribution in [3.05, 3.63) is 0 Å². The fourth-order valence-electron chi connectivity index (χ4n) is 1.09. The summed E-state index contributed by atoms with van der Waals surface area (Å²) in [4.78, 5) is 0. The van der Waals surface area contributed by atoms with Gasteiger partial charge in [0.2, 0.25) is 0 Å². The molecule has 0 spiro atoms. The molecule has 0 aromatic rings. The van der Waals surface area contributed by atoms with Crippen molar-refractivity contribution in [1.29, 1.82) is 0 Å². The van der Waals surface area contributed by atoms with E-state index in [0.29, 0.717) is 6.42 Å². The lowest BCUT2D eigenvalue weighted by atomic mass is 9.95. The minimum atomic E-state index is -2.37.